The average Bonchev–Trinajstić information content (AvgIpc) is 2.72. The van der Waals surface area contributed by atoms with Crippen molar-refractivity contribution in [1.29, 1.82) is 0 Å². The topological polar surface area (TPSA) is 18.5 Å². The van der Waals surface area contributed by atoms with Crippen LogP contribution in [-0.4, -0.2) is 0 Å². The van der Waals surface area contributed by atoms with Crippen molar-refractivity contribution in [2.75, 3.05) is 0 Å². The van der Waals surface area contributed by atoms with Gasteiger partial charge in [0.05, 0.1) is 0 Å². The summed E-state index contributed by atoms with van der Waals surface area (Å²) in [6.07, 6.45) is 1.96. The first-order valence-corrected chi connectivity index (χ1v) is 9.29. The van der Waals surface area contributed by atoms with Gasteiger partial charge in [0.2, 0.25) is 0 Å². The Kier molecular flexibility index (Phi) is 6.32. The van der Waals surface area contributed by atoms with E-state index in [4.69, 9.17) is 9.47 Å². The van der Waals surface area contributed by atoms with Crippen LogP contribution >= 0.6 is 0 Å². The molecule has 3 aromatic rings. The fraction of sp³-hybridized carbons (Fsp3) is 0.250. The summed E-state index contributed by atoms with van der Waals surface area (Å²) in [5.74, 6) is 1.94. The van der Waals surface area contributed by atoms with Crippen molar-refractivity contribution >= 4 is 0 Å². The molecule has 0 saturated carbocycles. The van der Waals surface area contributed by atoms with Crippen LogP contribution in [0.5, 0.6) is 11.5 Å². The highest BCUT2D eigenvalue weighted by Crippen LogP contribution is 2.21. The van der Waals surface area contributed by atoms with E-state index in [1.165, 1.54) is 11.1 Å². The van der Waals surface area contributed by atoms with Crippen molar-refractivity contribution in [3.05, 3.63) is 95.1 Å². The van der Waals surface area contributed by atoms with E-state index in [1.54, 1.807) is 0 Å². The van der Waals surface area contributed by atoms with Crippen LogP contribution in [0.1, 0.15) is 36.1 Å². The van der Waals surface area contributed by atoms with E-state index in [-0.39, 0.29) is 0 Å². The third kappa shape index (κ3) is 4.66. The lowest BCUT2D eigenvalue weighted by Crippen LogP contribution is -2.00. The van der Waals surface area contributed by atoms with Crippen LogP contribution in [0.25, 0.3) is 0 Å². The third-order valence-electron chi connectivity index (χ3n) is 4.52. The van der Waals surface area contributed by atoms with Crippen LogP contribution in [-0.2, 0) is 26.1 Å². The maximum absolute atomic E-state index is 5.98. The second-order valence-corrected chi connectivity index (χ2v) is 6.32. The number of ether oxygens (including phenoxy) is 2. The van der Waals surface area contributed by atoms with E-state index >= 15 is 0 Å². The molecule has 26 heavy (non-hydrogen) atoms. The Bertz CT molecular complexity index is 751. The van der Waals surface area contributed by atoms with E-state index in [1.807, 2.05) is 24.3 Å². The third-order valence-corrected chi connectivity index (χ3v) is 4.52. The van der Waals surface area contributed by atoms with Crippen LogP contribution in [0.2, 0.25) is 0 Å². The molecule has 0 N–H and O–H groups in total. The SMILES string of the molecule is CCc1ccccc1OCc1ccc(COc2ccccc2CC)cc1. The highest BCUT2D eigenvalue weighted by molar-refractivity contribution is 5.34. The Morgan fingerprint density at radius 1 is 0.538 bits per heavy atom. The maximum Gasteiger partial charge on any atom is 0.122 e. The van der Waals surface area contributed by atoms with E-state index in [2.05, 4.69) is 62.4 Å². The largest absolute Gasteiger partial charge is 0.489 e. The van der Waals surface area contributed by atoms with Gasteiger partial charge in [0.25, 0.3) is 0 Å². The molecule has 0 bridgehead atoms. The van der Waals surface area contributed by atoms with E-state index in [0.29, 0.717) is 13.2 Å². The molecule has 0 aliphatic rings. The van der Waals surface area contributed by atoms with Crippen LogP contribution in [0, 0.1) is 0 Å². The molecule has 0 unspecified atom stereocenters. The smallest absolute Gasteiger partial charge is 0.122 e. The molecule has 0 saturated heterocycles. The minimum atomic E-state index is 0.580. The number of benzene rings is 3. The number of hydrogen-bond donors (Lipinski definition) is 0. The molecule has 3 aromatic carbocycles. The van der Waals surface area contributed by atoms with Gasteiger partial charge in [0.1, 0.15) is 24.7 Å². The molecule has 0 aromatic heterocycles. The van der Waals surface area contributed by atoms with Crippen molar-refractivity contribution in [2.45, 2.75) is 39.9 Å². The van der Waals surface area contributed by atoms with Crippen LogP contribution in [0.4, 0.5) is 0 Å². The normalized spacial score (nSPS) is 10.5. The molecule has 3 rings (SSSR count). The summed E-state index contributed by atoms with van der Waals surface area (Å²) in [4.78, 5) is 0. The van der Waals surface area contributed by atoms with Gasteiger partial charge in [-0.1, -0.05) is 74.5 Å². The zero-order valence-electron chi connectivity index (χ0n) is 15.6. The Morgan fingerprint density at radius 3 is 1.31 bits per heavy atom. The van der Waals surface area contributed by atoms with Crippen molar-refractivity contribution < 1.29 is 9.47 Å². The van der Waals surface area contributed by atoms with Gasteiger partial charge in [-0.3, -0.25) is 0 Å². The Hall–Kier alpha value is -2.74. The second-order valence-electron chi connectivity index (χ2n) is 6.32. The van der Waals surface area contributed by atoms with Gasteiger partial charge in [-0.25, -0.2) is 0 Å². The summed E-state index contributed by atoms with van der Waals surface area (Å²) < 4.78 is 12.0. The molecule has 0 fully saturated rings. The lowest BCUT2D eigenvalue weighted by atomic mass is 10.1. The quantitative estimate of drug-likeness (QED) is 0.500. The molecule has 0 aliphatic carbocycles. The first kappa shape index (κ1) is 18.1. The summed E-state index contributed by atoms with van der Waals surface area (Å²) in [6.45, 7) is 5.45. The lowest BCUT2D eigenvalue weighted by molar-refractivity contribution is 0.299. The second kappa shape index (κ2) is 9.10. The van der Waals surface area contributed by atoms with Crippen molar-refractivity contribution in [3.8, 4) is 11.5 Å². The lowest BCUT2D eigenvalue weighted by Gasteiger charge is -2.12. The number of aryl methyl sites for hydroxylation is 2. The van der Waals surface area contributed by atoms with Crippen molar-refractivity contribution in [3.63, 3.8) is 0 Å². The van der Waals surface area contributed by atoms with E-state index in [0.717, 1.165) is 35.5 Å². The molecular formula is C24H26O2. The first-order valence-electron chi connectivity index (χ1n) is 9.29. The molecule has 134 valence electrons. The molecule has 0 amide bonds. The molecule has 2 heteroatoms. The van der Waals surface area contributed by atoms with Gasteiger partial charge < -0.3 is 9.47 Å². The minimum Gasteiger partial charge on any atom is -0.489 e. The predicted molar refractivity (Wildman–Crippen MR) is 107 cm³/mol. The van der Waals surface area contributed by atoms with Gasteiger partial charge in [0.15, 0.2) is 0 Å². The molecule has 0 aliphatic heterocycles. The molecule has 0 atom stereocenters. The number of para-hydroxylation sites is 2. The molecule has 2 nitrogen and oxygen atoms in total. The van der Waals surface area contributed by atoms with Crippen molar-refractivity contribution in [2.24, 2.45) is 0 Å². The van der Waals surface area contributed by atoms with Gasteiger partial charge >= 0.3 is 0 Å². The van der Waals surface area contributed by atoms with E-state index < -0.39 is 0 Å². The summed E-state index contributed by atoms with van der Waals surface area (Å²) >= 11 is 0. The van der Waals surface area contributed by atoms with Crippen molar-refractivity contribution in [1.82, 2.24) is 0 Å². The molecule has 0 heterocycles. The minimum absolute atomic E-state index is 0.580. The fourth-order valence-corrected chi connectivity index (χ4v) is 2.93. The summed E-state index contributed by atoms with van der Waals surface area (Å²) in [7, 11) is 0. The Morgan fingerprint density at radius 2 is 0.923 bits per heavy atom. The first-order chi connectivity index (χ1) is 12.8. The van der Waals surface area contributed by atoms with Crippen LogP contribution < -0.4 is 9.47 Å². The summed E-state index contributed by atoms with van der Waals surface area (Å²) in [6, 6.07) is 24.9. The fourth-order valence-electron chi connectivity index (χ4n) is 2.93. The van der Waals surface area contributed by atoms with Gasteiger partial charge in [0, 0.05) is 0 Å². The maximum atomic E-state index is 5.98. The van der Waals surface area contributed by atoms with E-state index in [9.17, 15) is 0 Å². The summed E-state index contributed by atoms with van der Waals surface area (Å²) in [5, 5.41) is 0. The zero-order chi connectivity index (χ0) is 18.2. The molecular weight excluding hydrogens is 320 g/mol. The summed E-state index contributed by atoms with van der Waals surface area (Å²) in [5.41, 5.74) is 4.81. The predicted octanol–water partition coefficient (Wildman–Crippen LogP) is 5.97. The van der Waals surface area contributed by atoms with Gasteiger partial charge in [-0.15, -0.1) is 0 Å². The standard InChI is InChI=1S/C24H26O2/c1-3-21-9-5-7-11-23(21)25-17-19-13-15-20(16-14-19)18-26-24-12-8-6-10-22(24)4-2/h5-16H,3-4,17-18H2,1-2H3. The highest BCUT2D eigenvalue weighted by atomic mass is 16.5. The highest BCUT2D eigenvalue weighted by Gasteiger charge is 2.03. The number of hydrogen-bond acceptors (Lipinski definition) is 2. The van der Waals surface area contributed by atoms with Gasteiger partial charge in [-0.2, -0.15) is 0 Å². The monoisotopic (exact) mass is 346 g/mol. The van der Waals surface area contributed by atoms with Crippen LogP contribution in [0.15, 0.2) is 72.8 Å². The number of rotatable bonds is 8. The zero-order valence-corrected chi connectivity index (χ0v) is 15.6. The van der Waals surface area contributed by atoms with Crippen LogP contribution in [0.3, 0.4) is 0 Å². The Labute approximate surface area is 156 Å². The Balaban J connectivity index is 1.56. The molecule has 0 spiro atoms. The average molecular weight is 346 g/mol. The molecule has 0 radical (unpaired) electrons. The van der Waals surface area contributed by atoms with Gasteiger partial charge in [-0.05, 0) is 47.2 Å².